The molecule has 4 aromatic rings. The number of rotatable bonds is 7. The minimum Gasteiger partial charge on any atom is -0.444 e. The van der Waals surface area contributed by atoms with E-state index < -0.39 is 39.3 Å². The van der Waals surface area contributed by atoms with Gasteiger partial charge in [-0.15, -0.1) is 0 Å². The highest BCUT2D eigenvalue weighted by Crippen LogP contribution is 2.27. The number of hydrogen-bond donors (Lipinski definition) is 2. The molecule has 3 aromatic carbocycles. The van der Waals surface area contributed by atoms with Crippen molar-refractivity contribution in [1.82, 2.24) is 10.3 Å². The summed E-state index contributed by atoms with van der Waals surface area (Å²) >= 11 is 0. The number of nitrogens with one attached hydrogen (secondary N) is 2. The number of carbonyl (C=O) groups is 1. The molecule has 0 aliphatic heterocycles. The molecule has 7 nitrogen and oxygen atoms in total. The summed E-state index contributed by atoms with van der Waals surface area (Å²) in [5.41, 5.74) is 1.97. The SMILES string of the molecule is C[C@@H](NC(=O)c1coc(-c2cccc(-c3ccccc3)c2)n1)c1cc(F)c(NS(C)(=O)=O)c(F)c1. The van der Waals surface area contributed by atoms with Crippen molar-refractivity contribution in [2.75, 3.05) is 11.0 Å². The molecule has 2 N–H and O–H groups in total. The molecule has 4 rings (SSSR count). The van der Waals surface area contributed by atoms with Crippen LogP contribution in [-0.4, -0.2) is 25.6 Å². The fraction of sp³-hybridized carbons (Fsp3) is 0.120. The first-order valence-electron chi connectivity index (χ1n) is 10.5. The zero-order valence-corrected chi connectivity index (χ0v) is 19.6. The quantitative estimate of drug-likeness (QED) is 0.368. The molecule has 1 atom stereocenters. The molecule has 10 heteroatoms. The summed E-state index contributed by atoms with van der Waals surface area (Å²) in [7, 11) is -3.87. The van der Waals surface area contributed by atoms with Crippen LogP contribution in [-0.2, 0) is 10.0 Å². The molecule has 0 bridgehead atoms. The first-order valence-corrected chi connectivity index (χ1v) is 12.4. The Labute approximate surface area is 200 Å². The predicted octanol–water partition coefficient (Wildman–Crippen LogP) is 5.15. The van der Waals surface area contributed by atoms with Crippen LogP contribution in [0, 0.1) is 11.6 Å². The average Bonchev–Trinajstić information content (AvgIpc) is 3.32. The number of amides is 1. The number of nitrogens with zero attached hydrogens (tertiary/aromatic N) is 1. The fourth-order valence-electron chi connectivity index (χ4n) is 3.45. The van der Waals surface area contributed by atoms with Gasteiger partial charge < -0.3 is 9.73 Å². The van der Waals surface area contributed by atoms with Gasteiger partial charge in [0.1, 0.15) is 12.0 Å². The van der Waals surface area contributed by atoms with Crippen molar-refractivity contribution in [3.63, 3.8) is 0 Å². The first kappa shape index (κ1) is 24.1. The lowest BCUT2D eigenvalue weighted by Gasteiger charge is -2.15. The van der Waals surface area contributed by atoms with Gasteiger partial charge in [-0.2, -0.15) is 0 Å². The second kappa shape index (κ2) is 9.67. The Morgan fingerprint density at radius 3 is 2.23 bits per heavy atom. The molecule has 1 amide bonds. The second-order valence-corrected chi connectivity index (χ2v) is 9.66. The van der Waals surface area contributed by atoms with E-state index in [2.05, 4.69) is 10.3 Å². The number of sulfonamides is 1. The standard InChI is InChI=1S/C25H21F2N3O4S/c1-15(19-12-20(26)23(21(27)13-19)30-35(2,32)33)28-24(31)22-14-34-25(29-22)18-10-6-9-17(11-18)16-7-4-3-5-8-16/h3-15,30H,1-2H3,(H,28,31)/t15-/m1/s1. The van der Waals surface area contributed by atoms with Gasteiger partial charge >= 0.3 is 0 Å². The molecular weight excluding hydrogens is 476 g/mol. The molecule has 0 unspecified atom stereocenters. The third-order valence-electron chi connectivity index (χ3n) is 5.15. The van der Waals surface area contributed by atoms with E-state index in [-0.39, 0.29) is 17.1 Å². The van der Waals surface area contributed by atoms with Crippen LogP contribution < -0.4 is 10.0 Å². The minimum absolute atomic E-state index is 0.00623. The van der Waals surface area contributed by atoms with E-state index in [1.54, 1.807) is 10.8 Å². The van der Waals surface area contributed by atoms with Crippen molar-refractivity contribution in [2.45, 2.75) is 13.0 Å². The molecule has 180 valence electrons. The van der Waals surface area contributed by atoms with Crippen molar-refractivity contribution in [3.8, 4) is 22.6 Å². The molecule has 1 heterocycles. The van der Waals surface area contributed by atoms with Crippen LogP contribution in [0.3, 0.4) is 0 Å². The van der Waals surface area contributed by atoms with E-state index in [4.69, 9.17) is 4.42 Å². The summed E-state index contributed by atoms with van der Waals surface area (Å²) in [5.74, 6) is -2.57. The predicted molar refractivity (Wildman–Crippen MR) is 128 cm³/mol. The van der Waals surface area contributed by atoms with Crippen LogP contribution in [0.2, 0.25) is 0 Å². The number of carbonyl (C=O) groups excluding carboxylic acids is 1. The number of aromatic nitrogens is 1. The molecule has 0 spiro atoms. The van der Waals surface area contributed by atoms with Gasteiger partial charge in [0.05, 0.1) is 12.3 Å². The maximum atomic E-state index is 14.3. The monoisotopic (exact) mass is 497 g/mol. The van der Waals surface area contributed by atoms with E-state index >= 15 is 0 Å². The highest BCUT2D eigenvalue weighted by atomic mass is 32.2. The van der Waals surface area contributed by atoms with Gasteiger partial charge in [0.2, 0.25) is 15.9 Å². The zero-order chi connectivity index (χ0) is 25.2. The maximum absolute atomic E-state index is 14.3. The summed E-state index contributed by atoms with van der Waals surface area (Å²) in [6.45, 7) is 1.53. The number of hydrogen-bond acceptors (Lipinski definition) is 5. The van der Waals surface area contributed by atoms with E-state index in [0.717, 1.165) is 29.5 Å². The molecular formula is C25H21F2N3O4S. The normalized spacial score (nSPS) is 12.2. The van der Waals surface area contributed by atoms with E-state index in [0.29, 0.717) is 5.56 Å². The molecule has 0 radical (unpaired) electrons. The second-order valence-electron chi connectivity index (χ2n) is 7.91. The highest BCUT2D eigenvalue weighted by molar-refractivity contribution is 7.92. The molecule has 35 heavy (non-hydrogen) atoms. The van der Waals surface area contributed by atoms with E-state index in [1.807, 2.05) is 48.5 Å². The van der Waals surface area contributed by atoms with Gasteiger partial charge in [0.25, 0.3) is 5.91 Å². The molecule has 0 saturated carbocycles. The van der Waals surface area contributed by atoms with Gasteiger partial charge in [0.15, 0.2) is 17.3 Å². The van der Waals surface area contributed by atoms with Gasteiger partial charge in [-0.3, -0.25) is 9.52 Å². The molecule has 0 fully saturated rings. The summed E-state index contributed by atoms with van der Waals surface area (Å²) < 4.78 is 58.5. The minimum atomic E-state index is -3.87. The lowest BCUT2D eigenvalue weighted by Crippen LogP contribution is -2.27. The van der Waals surface area contributed by atoms with Crippen LogP contribution in [0.25, 0.3) is 22.6 Å². The Hall–Kier alpha value is -4.05. The molecule has 0 aliphatic rings. The van der Waals surface area contributed by atoms with E-state index in [1.165, 1.54) is 13.2 Å². The summed E-state index contributed by atoms with van der Waals surface area (Å²) in [5, 5.41) is 2.60. The zero-order valence-electron chi connectivity index (χ0n) is 18.7. The van der Waals surface area contributed by atoms with Crippen LogP contribution in [0.1, 0.15) is 29.0 Å². The largest absolute Gasteiger partial charge is 0.444 e. The van der Waals surface area contributed by atoms with Crippen molar-refractivity contribution in [3.05, 3.63) is 95.9 Å². The Kier molecular flexibility index (Phi) is 6.65. The Morgan fingerprint density at radius 2 is 1.57 bits per heavy atom. The van der Waals surface area contributed by atoms with Crippen molar-refractivity contribution in [1.29, 1.82) is 0 Å². The van der Waals surface area contributed by atoms with Crippen molar-refractivity contribution >= 4 is 21.6 Å². The number of anilines is 1. The van der Waals surface area contributed by atoms with Gasteiger partial charge in [-0.1, -0.05) is 42.5 Å². The van der Waals surface area contributed by atoms with Crippen LogP contribution >= 0.6 is 0 Å². The maximum Gasteiger partial charge on any atom is 0.273 e. The summed E-state index contributed by atoms with van der Waals surface area (Å²) in [4.78, 5) is 16.9. The summed E-state index contributed by atoms with van der Waals surface area (Å²) in [6.07, 6.45) is 1.99. The summed E-state index contributed by atoms with van der Waals surface area (Å²) in [6, 6.07) is 18.3. The van der Waals surface area contributed by atoms with E-state index in [9.17, 15) is 22.0 Å². The lowest BCUT2D eigenvalue weighted by atomic mass is 10.0. The third kappa shape index (κ3) is 5.72. The third-order valence-corrected chi connectivity index (χ3v) is 5.73. The number of halogens is 2. The Morgan fingerprint density at radius 1 is 0.943 bits per heavy atom. The van der Waals surface area contributed by atoms with Gasteiger partial charge in [-0.05, 0) is 47.9 Å². The van der Waals surface area contributed by atoms with Gasteiger partial charge in [0, 0.05) is 5.56 Å². The number of benzene rings is 3. The van der Waals surface area contributed by atoms with Crippen LogP contribution in [0.5, 0.6) is 0 Å². The van der Waals surface area contributed by atoms with Crippen molar-refractivity contribution < 1.29 is 26.4 Å². The average molecular weight is 498 g/mol. The fourth-order valence-corrected chi connectivity index (χ4v) is 4.02. The van der Waals surface area contributed by atoms with Gasteiger partial charge in [-0.25, -0.2) is 22.2 Å². The molecule has 1 aromatic heterocycles. The smallest absolute Gasteiger partial charge is 0.273 e. The topological polar surface area (TPSA) is 101 Å². The molecule has 0 saturated heterocycles. The van der Waals surface area contributed by atoms with Crippen LogP contribution in [0.15, 0.2) is 77.4 Å². The molecule has 0 aliphatic carbocycles. The van der Waals surface area contributed by atoms with Crippen LogP contribution in [0.4, 0.5) is 14.5 Å². The highest BCUT2D eigenvalue weighted by Gasteiger charge is 2.20. The lowest BCUT2D eigenvalue weighted by molar-refractivity contribution is 0.0934. The first-order chi connectivity index (χ1) is 16.6. The Balaban J connectivity index is 1.50. The number of oxazole rings is 1. The van der Waals surface area contributed by atoms with Crippen molar-refractivity contribution in [2.24, 2.45) is 0 Å². The Bertz CT molecular complexity index is 1460.